The van der Waals surface area contributed by atoms with E-state index in [0.717, 1.165) is 37.8 Å². The second-order valence-electron chi connectivity index (χ2n) is 6.15. The molecule has 110 valence electrons. The van der Waals surface area contributed by atoms with Crippen molar-refractivity contribution in [3.8, 4) is 0 Å². The van der Waals surface area contributed by atoms with Crippen molar-refractivity contribution in [2.75, 3.05) is 31.1 Å². The van der Waals surface area contributed by atoms with Gasteiger partial charge in [0.05, 0.1) is 0 Å². The first-order valence-corrected chi connectivity index (χ1v) is 7.95. The molecule has 1 atom stereocenters. The summed E-state index contributed by atoms with van der Waals surface area (Å²) >= 11 is 0. The summed E-state index contributed by atoms with van der Waals surface area (Å²) in [4.78, 5) is 9.66. The van der Waals surface area contributed by atoms with Gasteiger partial charge in [0.1, 0.15) is 5.82 Å². The molecule has 2 fully saturated rings. The first kappa shape index (κ1) is 13.8. The lowest BCUT2D eigenvalue weighted by atomic mass is 10.1. The minimum absolute atomic E-state index is 0.254. The van der Waals surface area contributed by atoms with Gasteiger partial charge in [-0.15, -0.1) is 0 Å². The van der Waals surface area contributed by atoms with Crippen LogP contribution in [0, 0.1) is 0 Å². The summed E-state index contributed by atoms with van der Waals surface area (Å²) in [5.41, 5.74) is 7.24. The summed E-state index contributed by atoms with van der Waals surface area (Å²) < 4.78 is 0. The molecule has 1 aliphatic carbocycles. The van der Waals surface area contributed by atoms with Gasteiger partial charge < -0.3 is 10.6 Å². The Morgan fingerprint density at radius 1 is 1.25 bits per heavy atom. The van der Waals surface area contributed by atoms with E-state index in [2.05, 4.69) is 33.8 Å². The molecule has 1 saturated carbocycles. The van der Waals surface area contributed by atoms with Gasteiger partial charge in [-0.3, -0.25) is 4.90 Å². The summed E-state index contributed by atoms with van der Waals surface area (Å²) in [5, 5.41) is 0. The normalized spacial score (nSPS) is 22.0. The molecule has 0 spiro atoms. The fraction of sp³-hybridized carbons (Fsp3) is 0.688. The number of nitrogens with zero attached hydrogens (tertiary/aromatic N) is 3. The minimum atomic E-state index is 0.254. The fourth-order valence-corrected chi connectivity index (χ4v) is 2.93. The second kappa shape index (κ2) is 6.10. The maximum Gasteiger partial charge on any atom is 0.128 e. The number of pyridine rings is 1. The first-order valence-electron chi connectivity index (χ1n) is 7.95. The number of anilines is 1. The third-order valence-corrected chi connectivity index (χ3v) is 4.53. The zero-order valence-electron chi connectivity index (χ0n) is 12.5. The Kier molecular flexibility index (Phi) is 4.22. The van der Waals surface area contributed by atoms with Crippen molar-refractivity contribution in [3.05, 3.63) is 23.9 Å². The molecule has 1 saturated heterocycles. The van der Waals surface area contributed by atoms with Gasteiger partial charge in [0, 0.05) is 44.5 Å². The highest BCUT2D eigenvalue weighted by Crippen LogP contribution is 2.28. The molecule has 0 radical (unpaired) electrons. The van der Waals surface area contributed by atoms with Gasteiger partial charge in [0.25, 0.3) is 0 Å². The highest BCUT2D eigenvalue weighted by Gasteiger charge is 2.31. The van der Waals surface area contributed by atoms with Crippen LogP contribution in [-0.4, -0.2) is 48.1 Å². The van der Waals surface area contributed by atoms with Crippen LogP contribution in [0.25, 0.3) is 0 Å². The van der Waals surface area contributed by atoms with Crippen LogP contribution in [0.1, 0.15) is 31.7 Å². The largest absolute Gasteiger partial charge is 0.354 e. The van der Waals surface area contributed by atoms with Crippen molar-refractivity contribution >= 4 is 5.82 Å². The van der Waals surface area contributed by atoms with Crippen LogP contribution >= 0.6 is 0 Å². The molecule has 4 nitrogen and oxygen atoms in total. The molecule has 20 heavy (non-hydrogen) atoms. The van der Waals surface area contributed by atoms with Gasteiger partial charge in [-0.2, -0.15) is 0 Å². The van der Waals surface area contributed by atoms with Gasteiger partial charge in [-0.05, 0) is 37.3 Å². The summed E-state index contributed by atoms with van der Waals surface area (Å²) in [6.45, 7) is 6.73. The monoisotopic (exact) mass is 274 g/mol. The zero-order chi connectivity index (χ0) is 13.9. The van der Waals surface area contributed by atoms with E-state index in [1.165, 1.54) is 31.5 Å². The lowest BCUT2D eigenvalue weighted by Gasteiger charge is -2.35. The maximum absolute atomic E-state index is 5.99. The van der Waals surface area contributed by atoms with E-state index >= 15 is 0 Å². The third-order valence-electron chi connectivity index (χ3n) is 4.53. The Labute approximate surface area is 122 Å². The van der Waals surface area contributed by atoms with Crippen LogP contribution in [0.5, 0.6) is 0 Å². The van der Waals surface area contributed by atoms with Crippen LogP contribution in [0.2, 0.25) is 0 Å². The Morgan fingerprint density at radius 2 is 2.00 bits per heavy atom. The zero-order valence-corrected chi connectivity index (χ0v) is 12.5. The van der Waals surface area contributed by atoms with Crippen LogP contribution in [0.4, 0.5) is 5.82 Å². The highest BCUT2D eigenvalue weighted by molar-refractivity contribution is 5.40. The van der Waals surface area contributed by atoms with Crippen molar-refractivity contribution in [3.63, 3.8) is 0 Å². The highest BCUT2D eigenvalue weighted by atomic mass is 15.3. The van der Waals surface area contributed by atoms with Gasteiger partial charge >= 0.3 is 0 Å². The Hall–Kier alpha value is -1.13. The molecule has 2 heterocycles. The van der Waals surface area contributed by atoms with E-state index in [1.54, 1.807) is 0 Å². The molecule has 4 heteroatoms. The van der Waals surface area contributed by atoms with Crippen LogP contribution in [0.15, 0.2) is 18.3 Å². The standard InChI is InChI=1S/C16H26N4/c1-2-14(17)11-13-3-6-16(18-12-13)20-9-7-19(8-10-20)15-4-5-15/h3,6,12,14-15H,2,4-5,7-11,17H2,1H3. The van der Waals surface area contributed by atoms with Crippen LogP contribution in [0.3, 0.4) is 0 Å². The summed E-state index contributed by atoms with van der Waals surface area (Å²) in [5.74, 6) is 1.12. The van der Waals surface area contributed by atoms with Crippen LogP contribution < -0.4 is 10.6 Å². The van der Waals surface area contributed by atoms with Gasteiger partial charge in [-0.1, -0.05) is 13.0 Å². The van der Waals surface area contributed by atoms with E-state index < -0.39 is 0 Å². The first-order chi connectivity index (χ1) is 9.76. The number of piperazine rings is 1. The molecule has 0 bridgehead atoms. The molecular formula is C16H26N4. The Balaban J connectivity index is 1.55. The number of hydrogen-bond acceptors (Lipinski definition) is 4. The molecule has 1 aliphatic heterocycles. The molecule has 1 aromatic rings. The van der Waals surface area contributed by atoms with E-state index in [0.29, 0.717) is 0 Å². The maximum atomic E-state index is 5.99. The molecule has 3 rings (SSSR count). The van der Waals surface area contributed by atoms with Crippen molar-refractivity contribution < 1.29 is 0 Å². The van der Waals surface area contributed by atoms with E-state index in [1.807, 2.05) is 6.20 Å². The fourth-order valence-electron chi connectivity index (χ4n) is 2.93. The van der Waals surface area contributed by atoms with E-state index in [9.17, 15) is 0 Å². The second-order valence-corrected chi connectivity index (χ2v) is 6.15. The van der Waals surface area contributed by atoms with Crippen molar-refractivity contribution in [1.82, 2.24) is 9.88 Å². The average molecular weight is 274 g/mol. The molecule has 2 aliphatic rings. The molecule has 0 aromatic carbocycles. The minimum Gasteiger partial charge on any atom is -0.354 e. The van der Waals surface area contributed by atoms with Gasteiger partial charge in [0.15, 0.2) is 0 Å². The molecule has 1 aromatic heterocycles. The smallest absolute Gasteiger partial charge is 0.128 e. The van der Waals surface area contributed by atoms with E-state index in [4.69, 9.17) is 5.73 Å². The topological polar surface area (TPSA) is 45.4 Å². The quantitative estimate of drug-likeness (QED) is 0.887. The number of aromatic nitrogens is 1. The van der Waals surface area contributed by atoms with E-state index in [-0.39, 0.29) is 6.04 Å². The molecule has 1 unspecified atom stereocenters. The summed E-state index contributed by atoms with van der Waals surface area (Å²) in [6.07, 6.45) is 6.76. The number of rotatable bonds is 5. The number of hydrogen-bond donors (Lipinski definition) is 1. The van der Waals surface area contributed by atoms with Crippen LogP contribution in [-0.2, 0) is 6.42 Å². The van der Waals surface area contributed by atoms with Crippen molar-refractivity contribution in [2.24, 2.45) is 5.73 Å². The average Bonchev–Trinajstić information content (AvgIpc) is 3.33. The SMILES string of the molecule is CCC(N)Cc1ccc(N2CCN(C3CC3)CC2)nc1. The molecule has 2 N–H and O–H groups in total. The van der Waals surface area contributed by atoms with Crippen molar-refractivity contribution in [1.29, 1.82) is 0 Å². The lowest BCUT2D eigenvalue weighted by molar-refractivity contribution is 0.247. The third kappa shape index (κ3) is 3.30. The predicted octanol–water partition coefficient (Wildman–Crippen LogP) is 1.65. The Morgan fingerprint density at radius 3 is 2.55 bits per heavy atom. The summed E-state index contributed by atoms with van der Waals surface area (Å²) in [6, 6.07) is 5.49. The summed E-state index contributed by atoms with van der Waals surface area (Å²) in [7, 11) is 0. The lowest BCUT2D eigenvalue weighted by Crippen LogP contribution is -2.47. The Bertz CT molecular complexity index is 419. The van der Waals surface area contributed by atoms with Crippen molar-refractivity contribution in [2.45, 2.75) is 44.7 Å². The molecular weight excluding hydrogens is 248 g/mol. The van der Waals surface area contributed by atoms with Gasteiger partial charge in [0.2, 0.25) is 0 Å². The molecule has 0 amide bonds. The predicted molar refractivity (Wildman–Crippen MR) is 83.0 cm³/mol. The number of nitrogens with two attached hydrogens (primary N) is 1. The van der Waals surface area contributed by atoms with Gasteiger partial charge in [-0.25, -0.2) is 4.98 Å².